The van der Waals surface area contributed by atoms with Crippen LogP contribution >= 0.6 is 0 Å². The molecule has 0 atom stereocenters. The molecule has 4 nitrogen and oxygen atoms in total. The average molecular weight is 297 g/mol. The van der Waals surface area contributed by atoms with E-state index in [1.54, 1.807) is 18.2 Å². The molecule has 0 aliphatic carbocycles. The number of ether oxygens (including phenoxy) is 1. The Morgan fingerprint density at radius 1 is 1.00 bits per heavy atom. The summed E-state index contributed by atoms with van der Waals surface area (Å²) in [5, 5.41) is 2.82. The molecule has 1 N–H and O–H groups in total. The van der Waals surface area contributed by atoms with E-state index in [-0.39, 0.29) is 5.91 Å². The van der Waals surface area contributed by atoms with Crippen LogP contribution in [0.25, 0.3) is 11.1 Å². The summed E-state index contributed by atoms with van der Waals surface area (Å²) in [5.74, 6) is -0.646. The van der Waals surface area contributed by atoms with E-state index in [0.717, 1.165) is 17.5 Å². The molecule has 0 aromatic heterocycles. The SMILES string of the molecule is CCCNC(=O)c1cc(C(=O)OC)cc(-c2ccccc2)c1. The second kappa shape index (κ2) is 7.41. The summed E-state index contributed by atoms with van der Waals surface area (Å²) < 4.78 is 4.77. The molecule has 1 amide bonds. The van der Waals surface area contributed by atoms with Crippen LogP contribution in [0.3, 0.4) is 0 Å². The van der Waals surface area contributed by atoms with Crippen molar-refractivity contribution in [3.8, 4) is 11.1 Å². The first-order valence-electron chi connectivity index (χ1n) is 7.22. The van der Waals surface area contributed by atoms with Crippen LogP contribution in [0.15, 0.2) is 48.5 Å². The van der Waals surface area contributed by atoms with Crippen molar-refractivity contribution in [3.63, 3.8) is 0 Å². The van der Waals surface area contributed by atoms with Crippen molar-refractivity contribution in [2.45, 2.75) is 13.3 Å². The first kappa shape index (κ1) is 15.8. The average Bonchev–Trinajstić information content (AvgIpc) is 2.59. The Kier molecular flexibility index (Phi) is 5.31. The molecule has 0 heterocycles. The van der Waals surface area contributed by atoms with Crippen molar-refractivity contribution in [2.75, 3.05) is 13.7 Å². The quantitative estimate of drug-likeness (QED) is 0.862. The van der Waals surface area contributed by atoms with Crippen molar-refractivity contribution in [1.82, 2.24) is 5.32 Å². The standard InChI is InChI=1S/C18H19NO3/c1-3-9-19-17(20)15-10-14(13-7-5-4-6-8-13)11-16(12-15)18(21)22-2/h4-8,10-12H,3,9H2,1-2H3,(H,19,20). The zero-order valence-corrected chi connectivity index (χ0v) is 12.8. The van der Waals surface area contributed by atoms with Gasteiger partial charge in [-0.1, -0.05) is 37.3 Å². The number of carbonyl (C=O) groups excluding carboxylic acids is 2. The minimum Gasteiger partial charge on any atom is -0.465 e. The molecule has 0 fully saturated rings. The van der Waals surface area contributed by atoms with Crippen LogP contribution in [-0.4, -0.2) is 25.5 Å². The summed E-state index contributed by atoms with van der Waals surface area (Å²) in [5.41, 5.74) is 2.57. The minimum absolute atomic E-state index is 0.190. The Labute approximate surface area is 130 Å². The van der Waals surface area contributed by atoms with Crippen LogP contribution in [-0.2, 0) is 4.74 Å². The van der Waals surface area contributed by atoms with Gasteiger partial charge in [-0.3, -0.25) is 4.79 Å². The summed E-state index contributed by atoms with van der Waals surface area (Å²) in [6.45, 7) is 2.59. The van der Waals surface area contributed by atoms with Gasteiger partial charge in [-0.2, -0.15) is 0 Å². The van der Waals surface area contributed by atoms with Gasteiger partial charge in [0.2, 0.25) is 0 Å². The fourth-order valence-electron chi connectivity index (χ4n) is 2.13. The fourth-order valence-corrected chi connectivity index (χ4v) is 2.13. The minimum atomic E-state index is -0.456. The van der Waals surface area contributed by atoms with E-state index in [1.165, 1.54) is 7.11 Å². The van der Waals surface area contributed by atoms with Crippen molar-refractivity contribution in [3.05, 3.63) is 59.7 Å². The van der Waals surface area contributed by atoms with Gasteiger partial charge in [0, 0.05) is 12.1 Å². The van der Waals surface area contributed by atoms with Gasteiger partial charge in [-0.25, -0.2) is 4.79 Å². The molecule has 0 saturated heterocycles. The number of hydrogen-bond donors (Lipinski definition) is 1. The maximum absolute atomic E-state index is 12.2. The second-order valence-corrected chi connectivity index (χ2v) is 4.91. The molecule has 0 aliphatic heterocycles. The normalized spacial score (nSPS) is 10.1. The molecule has 0 saturated carbocycles. The molecule has 114 valence electrons. The van der Waals surface area contributed by atoms with Gasteiger partial charge in [-0.05, 0) is 35.7 Å². The molecule has 0 bridgehead atoms. The third-order valence-electron chi connectivity index (χ3n) is 3.26. The maximum Gasteiger partial charge on any atom is 0.337 e. The fraction of sp³-hybridized carbons (Fsp3) is 0.222. The molecular weight excluding hydrogens is 278 g/mol. The van der Waals surface area contributed by atoms with E-state index in [9.17, 15) is 9.59 Å². The lowest BCUT2D eigenvalue weighted by molar-refractivity contribution is 0.0601. The number of benzene rings is 2. The predicted octanol–water partition coefficient (Wildman–Crippen LogP) is 3.28. The highest BCUT2D eigenvalue weighted by Crippen LogP contribution is 2.23. The molecule has 22 heavy (non-hydrogen) atoms. The van der Waals surface area contributed by atoms with Gasteiger partial charge in [0.1, 0.15) is 0 Å². The molecule has 0 radical (unpaired) electrons. The third-order valence-corrected chi connectivity index (χ3v) is 3.26. The van der Waals surface area contributed by atoms with Gasteiger partial charge >= 0.3 is 5.97 Å². The summed E-state index contributed by atoms with van der Waals surface area (Å²) >= 11 is 0. The van der Waals surface area contributed by atoms with E-state index in [0.29, 0.717) is 17.7 Å². The Balaban J connectivity index is 2.45. The summed E-state index contributed by atoms with van der Waals surface area (Å²) in [6.07, 6.45) is 0.855. The molecule has 2 rings (SSSR count). The van der Waals surface area contributed by atoms with E-state index >= 15 is 0 Å². The lowest BCUT2D eigenvalue weighted by Crippen LogP contribution is -2.24. The van der Waals surface area contributed by atoms with Crippen LogP contribution in [0.2, 0.25) is 0 Å². The van der Waals surface area contributed by atoms with Crippen molar-refractivity contribution >= 4 is 11.9 Å². The highest BCUT2D eigenvalue weighted by Gasteiger charge is 2.13. The Morgan fingerprint density at radius 3 is 2.32 bits per heavy atom. The number of esters is 1. The van der Waals surface area contributed by atoms with E-state index in [2.05, 4.69) is 5.32 Å². The van der Waals surface area contributed by atoms with Crippen LogP contribution in [0.5, 0.6) is 0 Å². The smallest absolute Gasteiger partial charge is 0.337 e. The molecule has 2 aromatic carbocycles. The predicted molar refractivity (Wildman–Crippen MR) is 85.8 cm³/mol. The van der Waals surface area contributed by atoms with Gasteiger partial charge in [0.05, 0.1) is 12.7 Å². The zero-order chi connectivity index (χ0) is 15.9. The van der Waals surface area contributed by atoms with Crippen molar-refractivity contribution in [1.29, 1.82) is 0 Å². The zero-order valence-electron chi connectivity index (χ0n) is 12.8. The largest absolute Gasteiger partial charge is 0.465 e. The maximum atomic E-state index is 12.2. The second-order valence-electron chi connectivity index (χ2n) is 4.91. The molecular formula is C18H19NO3. The third kappa shape index (κ3) is 3.73. The van der Waals surface area contributed by atoms with Crippen LogP contribution < -0.4 is 5.32 Å². The molecule has 0 spiro atoms. The van der Waals surface area contributed by atoms with Gasteiger partial charge in [0.25, 0.3) is 5.91 Å². The summed E-state index contributed by atoms with van der Waals surface area (Å²) in [6, 6.07) is 14.7. The molecule has 2 aromatic rings. The topological polar surface area (TPSA) is 55.4 Å². The van der Waals surface area contributed by atoms with Gasteiger partial charge in [0.15, 0.2) is 0 Å². The Bertz CT molecular complexity index is 665. The first-order chi connectivity index (χ1) is 10.7. The van der Waals surface area contributed by atoms with E-state index < -0.39 is 5.97 Å². The number of nitrogens with one attached hydrogen (secondary N) is 1. The Morgan fingerprint density at radius 2 is 1.68 bits per heavy atom. The van der Waals surface area contributed by atoms with Crippen molar-refractivity contribution in [2.24, 2.45) is 0 Å². The van der Waals surface area contributed by atoms with Crippen LogP contribution in [0.4, 0.5) is 0 Å². The molecule has 0 aliphatic rings. The number of hydrogen-bond acceptors (Lipinski definition) is 3. The molecule has 4 heteroatoms. The van der Waals surface area contributed by atoms with Crippen LogP contribution in [0, 0.1) is 0 Å². The van der Waals surface area contributed by atoms with E-state index in [4.69, 9.17) is 4.74 Å². The summed E-state index contributed by atoms with van der Waals surface area (Å²) in [4.78, 5) is 24.0. The highest BCUT2D eigenvalue weighted by atomic mass is 16.5. The number of methoxy groups -OCH3 is 1. The lowest BCUT2D eigenvalue weighted by atomic mass is 9.99. The highest BCUT2D eigenvalue weighted by molar-refractivity contribution is 5.99. The van der Waals surface area contributed by atoms with Crippen molar-refractivity contribution < 1.29 is 14.3 Å². The first-order valence-corrected chi connectivity index (χ1v) is 7.22. The molecule has 0 unspecified atom stereocenters. The summed E-state index contributed by atoms with van der Waals surface area (Å²) in [7, 11) is 1.33. The van der Waals surface area contributed by atoms with E-state index in [1.807, 2.05) is 37.3 Å². The number of carbonyl (C=O) groups is 2. The Hall–Kier alpha value is -2.62. The van der Waals surface area contributed by atoms with Crippen LogP contribution in [0.1, 0.15) is 34.1 Å². The monoisotopic (exact) mass is 297 g/mol. The van der Waals surface area contributed by atoms with Gasteiger partial charge < -0.3 is 10.1 Å². The number of amides is 1. The lowest BCUT2D eigenvalue weighted by Gasteiger charge is -2.09. The van der Waals surface area contributed by atoms with Gasteiger partial charge in [-0.15, -0.1) is 0 Å². The number of rotatable bonds is 5.